The molecule has 3 heteroatoms. The van der Waals surface area contributed by atoms with Crippen molar-refractivity contribution in [2.24, 2.45) is 0 Å². The van der Waals surface area contributed by atoms with Crippen molar-refractivity contribution in [1.29, 1.82) is 0 Å². The van der Waals surface area contributed by atoms with Crippen LogP contribution >= 0.6 is 0 Å². The van der Waals surface area contributed by atoms with E-state index in [1.165, 1.54) is 35.1 Å². The highest BCUT2D eigenvalue weighted by Gasteiger charge is 2.27. The van der Waals surface area contributed by atoms with E-state index in [2.05, 4.69) is 35.6 Å². The summed E-state index contributed by atoms with van der Waals surface area (Å²) in [5, 5.41) is 3.43. The molecule has 0 unspecified atom stereocenters. The van der Waals surface area contributed by atoms with Gasteiger partial charge in [0.2, 0.25) is 10.9 Å². The van der Waals surface area contributed by atoms with Crippen molar-refractivity contribution in [3.63, 3.8) is 0 Å². The Morgan fingerprint density at radius 2 is 1.56 bits per heavy atom. The fraction of sp³-hybridized carbons (Fsp3) is 0.333. The van der Waals surface area contributed by atoms with Crippen LogP contribution in [0.1, 0.15) is 54.0 Å². The summed E-state index contributed by atoms with van der Waals surface area (Å²) >= 11 is 0. The van der Waals surface area contributed by atoms with Crippen LogP contribution in [0, 0.1) is 0 Å². The van der Waals surface area contributed by atoms with Gasteiger partial charge in [-0.1, -0.05) is 42.5 Å². The van der Waals surface area contributed by atoms with Crippen LogP contribution in [0.4, 0.5) is 5.69 Å². The Morgan fingerprint density at radius 1 is 0.778 bits per heavy atom. The lowest BCUT2D eigenvalue weighted by atomic mass is 9.86. The number of benzene rings is 2. The van der Waals surface area contributed by atoms with Gasteiger partial charge in [-0.25, -0.2) is 0 Å². The van der Waals surface area contributed by atoms with Crippen LogP contribution in [0.3, 0.4) is 0 Å². The molecule has 1 atom stereocenters. The molecular weight excluding hydrogens is 334 g/mol. The fourth-order valence-electron chi connectivity index (χ4n) is 4.77. The fourth-order valence-corrected chi connectivity index (χ4v) is 4.77. The number of rotatable bonds is 3. The summed E-state index contributed by atoms with van der Waals surface area (Å²) < 4.78 is 0. The van der Waals surface area contributed by atoms with Crippen molar-refractivity contribution < 1.29 is 0 Å². The average molecular weight is 357 g/mol. The summed E-state index contributed by atoms with van der Waals surface area (Å²) in [6, 6.07) is 14.8. The van der Waals surface area contributed by atoms with E-state index in [1.54, 1.807) is 0 Å². The van der Waals surface area contributed by atoms with E-state index in [-0.39, 0.29) is 16.9 Å². The zero-order valence-electron chi connectivity index (χ0n) is 15.4. The van der Waals surface area contributed by atoms with Crippen molar-refractivity contribution >= 4 is 5.69 Å². The van der Waals surface area contributed by atoms with Gasteiger partial charge in [-0.3, -0.25) is 9.59 Å². The Kier molecular flexibility index (Phi) is 3.96. The monoisotopic (exact) mass is 357 g/mol. The van der Waals surface area contributed by atoms with E-state index in [0.717, 1.165) is 37.7 Å². The van der Waals surface area contributed by atoms with Crippen LogP contribution in [0.15, 0.2) is 52.1 Å². The highest BCUT2D eigenvalue weighted by atomic mass is 16.2. The minimum absolute atomic E-state index is 0.106. The lowest BCUT2D eigenvalue weighted by molar-refractivity contribution is 0.599. The van der Waals surface area contributed by atoms with Gasteiger partial charge in [0.1, 0.15) is 0 Å². The predicted octanol–water partition coefficient (Wildman–Crippen LogP) is 4.32. The van der Waals surface area contributed by atoms with Gasteiger partial charge in [-0.05, 0) is 72.8 Å². The first-order valence-electron chi connectivity index (χ1n) is 10.0. The molecule has 27 heavy (non-hydrogen) atoms. The van der Waals surface area contributed by atoms with Gasteiger partial charge in [-0.2, -0.15) is 0 Å². The molecule has 0 amide bonds. The van der Waals surface area contributed by atoms with Crippen LogP contribution in [-0.4, -0.2) is 0 Å². The van der Waals surface area contributed by atoms with Gasteiger partial charge in [0.25, 0.3) is 0 Å². The van der Waals surface area contributed by atoms with Gasteiger partial charge in [0, 0.05) is 0 Å². The Morgan fingerprint density at radius 3 is 2.44 bits per heavy atom. The number of anilines is 1. The summed E-state index contributed by atoms with van der Waals surface area (Å²) in [6.07, 6.45) is 7.78. The van der Waals surface area contributed by atoms with E-state index in [0.29, 0.717) is 11.3 Å². The third-order valence-corrected chi connectivity index (χ3v) is 6.24. The SMILES string of the molecule is O=c1c(N[C@H]2CCCc3ccccc32)c(-c2ccc3c(c2)CCCC3)c1=O. The molecule has 0 bridgehead atoms. The van der Waals surface area contributed by atoms with Crippen molar-refractivity contribution in [3.8, 4) is 11.1 Å². The second-order valence-corrected chi connectivity index (χ2v) is 7.89. The number of nitrogens with one attached hydrogen (secondary N) is 1. The normalized spacial score (nSPS) is 18.7. The maximum absolute atomic E-state index is 12.4. The third kappa shape index (κ3) is 2.73. The first-order chi connectivity index (χ1) is 13.2. The van der Waals surface area contributed by atoms with Crippen LogP contribution in [0.2, 0.25) is 0 Å². The molecular formula is C24H23NO2. The molecule has 0 saturated heterocycles. The molecule has 1 N–H and O–H groups in total. The first-order valence-corrected chi connectivity index (χ1v) is 10.0. The van der Waals surface area contributed by atoms with Gasteiger partial charge < -0.3 is 5.32 Å². The Bertz CT molecular complexity index is 1090. The molecule has 2 aliphatic rings. The molecule has 3 aromatic rings. The second-order valence-electron chi connectivity index (χ2n) is 7.89. The predicted molar refractivity (Wildman–Crippen MR) is 109 cm³/mol. The van der Waals surface area contributed by atoms with Crippen LogP contribution in [0.5, 0.6) is 0 Å². The van der Waals surface area contributed by atoms with Crippen molar-refractivity contribution in [2.75, 3.05) is 5.32 Å². The quantitative estimate of drug-likeness (QED) is 0.710. The molecule has 0 fully saturated rings. The van der Waals surface area contributed by atoms with E-state index in [1.807, 2.05) is 12.1 Å². The van der Waals surface area contributed by atoms with Gasteiger partial charge in [0.15, 0.2) is 0 Å². The average Bonchev–Trinajstić information content (AvgIpc) is 2.73. The van der Waals surface area contributed by atoms with Crippen molar-refractivity contribution in [3.05, 3.63) is 85.2 Å². The molecule has 3 aromatic carbocycles. The molecule has 2 aliphatic carbocycles. The largest absolute Gasteiger partial charge is 0.374 e. The molecule has 3 nitrogen and oxygen atoms in total. The zero-order chi connectivity index (χ0) is 18.4. The lowest BCUT2D eigenvalue weighted by Crippen LogP contribution is -2.37. The molecule has 136 valence electrons. The summed E-state index contributed by atoms with van der Waals surface area (Å²) in [7, 11) is 0. The van der Waals surface area contributed by atoms with Crippen LogP contribution in [0.25, 0.3) is 11.1 Å². The molecule has 0 radical (unpaired) electrons. The van der Waals surface area contributed by atoms with Crippen molar-refractivity contribution in [2.45, 2.75) is 51.0 Å². The zero-order valence-corrected chi connectivity index (χ0v) is 15.4. The Balaban J connectivity index is 1.51. The van der Waals surface area contributed by atoms with Gasteiger partial charge in [-0.15, -0.1) is 0 Å². The molecule has 0 aliphatic heterocycles. The highest BCUT2D eigenvalue weighted by molar-refractivity contribution is 5.82. The molecule has 0 aromatic heterocycles. The Hall–Kier alpha value is -2.68. The Labute approximate surface area is 158 Å². The topological polar surface area (TPSA) is 46.2 Å². The number of hydrogen-bond acceptors (Lipinski definition) is 3. The molecule has 0 saturated carbocycles. The maximum atomic E-state index is 12.4. The van der Waals surface area contributed by atoms with E-state index >= 15 is 0 Å². The van der Waals surface area contributed by atoms with Crippen LogP contribution < -0.4 is 16.2 Å². The van der Waals surface area contributed by atoms with E-state index < -0.39 is 0 Å². The minimum atomic E-state index is -0.370. The number of aryl methyl sites for hydroxylation is 3. The first kappa shape index (κ1) is 16.5. The summed E-state index contributed by atoms with van der Waals surface area (Å²) in [5.41, 5.74) is 6.59. The third-order valence-electron chi connectivity index (χ3n) is 6.24. The lowest BCUT2D eigenvalue weighted by Gasteiger charge is -2.28. The second kappa shape index (κ2) is 6.49. The van der Waals surface area contributed by atoms with E-state index in [9.17, 15) is 9.59 Å². The maximum Gasteiger partial charge on any atom is 0.250 e. The minimum Gasteiger partial charge on any atom is -0.374 e. The van der Waals surface area contributed by atoms with Gasteiger partial charge >= 0.3 is 0 Å². The summed E-state index contributed by atoms with van der Waals surface area (Å²) in [4.78, 5) is 24.7. The summed E-state index contributed by atoms with van der Waals surface area (Å²) in [5.74, 6) is 0. The molecule has 5 rings (SSSR count). The number of fused-ring (bicyclic) bond motifs is 2. The van der Waals surface area contributed by atoms with Crippen LogP contribution in [-0.2, 0) is 19.3 Å². The molecule has 0 heterocycles. The standard InChI is InChI=1S/C24H23NO2/c26-23-21(18-13-12-15-6-1-2-8-17(15)14-18)22(24(23)27)25-20-11-5-9-16-7-3-4-10-19(16)20/h3-4,7,10,12-14,20,25H,1-2,5-6,8-9,11H2/t20-/m0/s1. The van der Waals surface area contributed by atoms with Crippen molar-refractivity contribution in [1.82, 2.24) is 0 Å². The highest BCUT2D eigenvalue weighted by Crippen LogP contribution is 2.35. The number of hydrogen-bond donors (Lipinski definition) is 1. The smallest absolute Gasteiger partial charge is 0.250 e. The van der Waals surface area contributed by atoms with Gasteiger partial charge in [0.05, 0.1) is 17.3 Å². The summed E-state index contributed by atoms with van der Waals surface area (Å²) in [6.45, 7) is 0. The van der Waals surface area contributed by atoms with E-state index in [4.69, 9.17) is 0 Å². The molecule has 0 spiro atoms.